The minimum absolute atomic E-state index is 0.0741. The minimum Gasteiger partial charge on any atom is -0.330 e. The molecule has 2 N–H and O–H groups in total. The Hall–Kier alpha value is -0.370. The maximum Gasteiger partial charge on any atom is 0.137 e. The van der Waals surface area contributed by atoms with Crippen LogP contribution in [0.15, 0.2) is 0 Å². The zero-order chi connectivity index (χ0) is 8.15. The number of nitrogens with two attached hydrogens (primary N) is 1. The molecule has 0 aromatic heterocycles. The maximum atomic E-state index is 11.1. The second kappa shape index (κ2) is 4.45. The highest BCUT2D eigenvalue weighted by atomic mass is 16.1. The van der Waals surface area contributed by atoms with E-state index in [9.17, 15) is 4.79 Å². The molecule has 0 aliphatic carbocycles. The van der Waals surface area contributed by atoms with Crippen molar-refractivity contribution in [3.63, 3.8) is 0 Å². The number of hydrogen-bond acceptors (Lipinski definition) is 2. The van der Waals surface area contributed by atoms with Gasteiger partial charge in [-0.1, -0.05) is 20.8 Å². The molecule has 0 heterocycles. The van der Waals surface area contributed by atoms with Gasteiger partial charge < -0.3 is 5.73 Å². The Balaban J connectivity index is 3.93. The molecule has 0 aliphatic rings. The Kier molecular flexibility index (Phi) is 4.28. The van der Waals surface area contributed by atoms with Crippen LogP contribution in [0.4, 0.5) is 0 Å². The Morgan fingerprint density at radius 2 is 2.00 bits per heavy atom. The van der Waals surface area contributed by atoms with Crippen molar-refractivity contribution in [2.45, 2.75) is 27.2 Å². The smallest absolute Gasteiger partial charge is 0.137 e. The van der Waals surface area contributed by atoms with Gasteiger partial charge in [0.25, 0.3) is 0 Å². The number of carbonyl (C=O) groups is 1. The molecule has 0 saturated carbocycles. The molecule has 0 rings (SSSR count). The molecule has 60 valence electrons. The van der Waals surface area contributed by atoms with Crippen LogP contribution in [0.5, 0.6) is 0 Å². The lowest BCUT2D eigenvalue weighted by molar-refractivity contribution is -0.123. The molecule has 0 radical (unpaired) electrons. The first-order valence-electron chi connectivity index (χ1n) is 3.86. The fourth-order valence-electron chi connectivity index (χ4n) is 1.04. The van der Waals surface area contributed by atoms with Crippen LogP contribution in [0.3, 0.4) is 0 Å². The summed E-state index contributed by atoms with van der Waals surface area (Å²) in [7, 11) is 0. The van der Waals surface area contributed by atoms with Crippen LogP contribution in [0, 0.1) is 11.8 Å². The first-order chi connectivity index (χ1) is 4.63. The molecule has 2 heteroatoms. The van der Waals surface area contributed by atoms with Gasteiger partial charge in [0.05, 0.1) is 0 Å². The molecule has 0 amide bonds. The minimum atomic E-state index is 0.0741. The molecule has 0 aromatic rings. The summed E-state index contributed by atoms with van der Waals surface area (Å²) in [6.45, 7) is 6.44. The summed E-state index contributed by atoms with van der Waals surface area (Å²) >= 11 is 0. The predicted molar refractivity (Wildman–Crippen MR) is 42.7 cm³/mol. The Morgan fingerprint density at radius 3 is 2.10 bits per heavy atom. The summed E-state index contributed by atoms with van der Waals surface area (Å²) in [5, 5.41) is 0. The average Bonchev–Trinajstić information content (AvgIpc) is 1.88. The molecule has 1 unspecified atom stereocenters. The number of Topliss-reactive ketones (excluding diaryl/α,β-unsaturated/α-hetero) is 1. The molecule has 0 aromatic carbocycles. The molecule has 0 saturated heterocycles. The lowest BCUT2D eigenvalue weighted by atomic mass is 9.90. The van der Waals surface area contributed by atoms with Crippen LogP contribution in [0.1, 0.15) is 27.2 Å². The van der Waals surface area contributed by atoms with E-state index in [1.165, 1.54) is 0 Å². The van der Waals surface area contributed by atoms with Crippen molar-refractivity contribution in [1.82, 2.24) is 0 Å². The summed E-state index contributed by atoms with van der Waals surface area (Å²) in [4.78, 5) is 11.1. The van der Waals surface area contributed by atoms with Crippen molar-refractivity contribution in [1.29, 1.82) is 0 Å². The number of carbonyl (C=O) groups excluding carboxylic acids is 1. The van der Waals surface area contributed by atoms with Gasteiger partial charge in [-0.2, -0.15) is 0 Å². The lowest BCUT2D eigenvalue weighted by Gasteiger charge is -2.15. The summed E-state index contributed by atoms with van der Waals surface area (Å²) in [6, 6.07) is 0. The van der Waals surface area contributed by atoms with E-state index in [-0.39, 0.29) is 11.7 Å². The average molecular weight is 143 g/mol. The molecule has 0 aliphatic heterocycles. The van der Waals surface area contributed by atoms with Crippen LogP contribution < -0.4 is 5.73 Å². The molecule has 0 spiro atoms. The van der Waals surface area contributed by atoms with Gasteiger partial charge in [-0.15, -0.1) is 0 Å². The van der Waals surface area contributed by atoms with Crippen molar-refractivity contribution in [3.05, 3.63) is 0 Å². The summed E-state index contributed by atoms with van der Waals surface area (Å²) in [5.41, 5.74) is 5.43. The third kappa shape index (κ3) is 2.48. The lowest BCUT2D eigenvalue weighted by Crippen LogP contribution is -2.27. The zero-order valence-corrected chi connectivity index (χ0v) is 7.05. The topological polar surface area (TPSA) is 43.1 Å². The predicted octanol–water partition coefficient (Wildman–Crippen LogP) is 1.20. The van der Waals surface area contributed by atoms with E-state index >= 15 is 0 Å². The first kappa shape index (κ1) is 9.63. The number of ketones is 1. The first-order valence-corrected chi connectivity index (χ1v) is 3.86. The third-order valence-electron chi connectivity index (χ3n) is 1.82. The molecule has 0 fully saturated rings. The van der Waals surface area contributed by atoms with E-state index in [0.29, 0.717) is 18.9 Å². The van der Waals surface area contributed by atoms with Gasteiger partial charge in [-0.25, -0.2) is 0 Å². The third-order valence-corrected chi connectivity index (χ3v) is 1.82. The molecular weight excluding hydrogens is 126 g/mol. The van der Waals surface area contributed by atoms with Crippen LogP contribution >= 0.6 is 0 Å². The van der Waals surface area contributed by atoms with Gasteiger partial charge in [-0.3, -0.25) is 4.79 Å². The fraction of sp³-hybridized carbons (Fsp3) is 0.875. The number of hydrogen-bond donors (Lipinski definition) is 1. The van der Waals surface area contributed by atoms with Crippen molar-refractivity contribution < 1.29 is 4.79 Å². The second-order valence-corrected chi connectivity index (χ2v) is 2.91. The largest absolute Gasteiger partial charge is 0.330 e. The SMILES string of the molecule is CCC(=O)C(CN)C(C)C. The summed E-state index contributed by atoms with van der Waals surface area (Å²) in [6.07, 6.45) is 0.611. The molecule has 2 nitrogen and oxygen atoms in total. The van der Waals surface area contributed by atoms with Crippen molar-refractivity contribution >= 4 is 5.78 Å². The Labute approximate surface area is 62.8 Å². The van der Waals surface area contributed by atoms with Crippen LogP contribution in [-0.2, 0) is 4.79 Å². The van der Waals surface area contributed by atoms with Crippen molar-refractivity contribution in [2.75, 3.05) is 6.54 Å². The van der Waals surface area contributed by atoms with Gasteiger partial charge in [0.1, 0.15) is 5.78 Å². The Morgan fingerprint density at radius 1 is 1.50 bits per heavy atom. The van der Waals surface area contributed by atoms with Crippen molar-refractivity contribution in [3.8, 4) is 0 Å². The highest BCUT2D eigenvalue weighted by Crippen LogP contribution is 2.11. The molecule has 0 bridgehead atoms. The highest BCUT2D eigenvalue weighted by molar-refractivity contribution is 5.81. The van der Waals surface area contributed by atoms with Crippen molar-refractivity contribution in [2.24, 2.45) is 17.6 Å². The monoisotopic (exact) mass is 143 g/mol. The van der Waals surface area contributed by atoms with E-state index in [0.717, 1.165) is 0 Å². The van der Waals surface area contributed by atoms with E-state index < -0.39 is 0 Å². The standard InChI is InChI=1S/C8H17NO/c1-4-8(10)7(5-9)6(2)3/h6-7H,4-5,9H2,1-3H3. The van der Waals surface area contributed by atoms with E-state index in [1.807, 2.05) is 20.8 Å². The van der Waals surface area contributed by atoms with E-state index in [2.05, 4.69) is 0 Å². The van der Waals surface area contributed by atoms with E-state index in [1.54, 1.807) is 0 Å². The number of rotatable bonds is 4. The van der Waals surface area contributed by atoms with Gasteiger partial charge in [0, 0.05) is 18.9 Å². The zero-order valence-electron chi connectivity index (χ0n) is 7.05. The van der Waals surface area contributed by atoms with E-state index in [4.69, 9.17) is 5.73 Å². The summed E-state index contributed by atoms with van der Waals surface area (Å²) < 4.78 is 0. The molecular formula is C8H17NO. The Bertz CT molecular complexity index is 110. The van der Waals surface area contributed by atoms with Crippen LogP contribution in [0.2, 0.25) is 0 Å². The van der Waals surface area contributed by atoms with Gasteiger partial charge in [0.2, 0.25) is 0 Å². The highest BCUT2D eigenvalue weighted by Gasteiger charge is 2.17. The molecule has 1 atom stereocenters. The maximum absolute atomic E-state index is 11.1. The second-order valence-electron chi connectivity index (χ2n) is 2.91. The fourth-order valence-corrected chi connectivity index (χ4v) is 1.04. The van der Waals surface area contributed by atoms with Gasteiger partial charge in [-0.05, 0) is 5.92 Å². The summed E-state index contributed by atoms with van der Waals surface area (Å²) in [5.74, 6) is 0.750. The normalized spacial score (nSPS) is 13.7. The quantitative estimate of drug-likeness (QED) is 0.642. The van der Waals surface area contributed by atoms with Crippen LogP contribution in [-0.4, -0.2) is 12.3 Å². The van der Waals surface area contributed by atoms with Gasteiger partial charge >= 0.3 is 0 Å². The van der Waals surface area contributed by atoms with Crippen LogP contribution in [0.25, 0.3) is 0 Å². The molecule has 10 heavy (non-hydrogen) atoms. The van der Waals surface area contributed by atoms with Gasteiger partial charge in [0.15, 0.2) is 0 Å².